The summed E-state index contributed by atoms with van der Waals surface area (Å²) in [5.74, 6) is 0.400. The predicted molar refractivity (Wildman–Crippen MR) is 83.2 cm³/mol. The van der Waals surface area contributed by atoms with E-state index in [2.05, 4.69) is 10.0 Å². The molecule has 0 bridgehead atoms. The van der Waals surface area contributed by atoms with Gasteiger partial charge in [0.05, 0.1) is 24.7 Å². The van der Waals surface area contributed by atoms with Crippen LogP contribution in [0.3, 0.4) is 0 Å². The normalized spacial score (nSPS) is 17.1. The maximum Gasteiger partial charge on any atom is 0.209 e. The first-order chi connectivity index (χ1) is 9.64. The summed E-state index contributed by atoms with van der Waals surface area (Å²) in [7, 11) is -6.55. The van der Waals surface area contributed by atoms with Gasteiger partial charge < -0.3 is 4.74 Å². The van der Waals surface area contributed by atoms with Crippen molar-refractivity contribution in [2.75, 3.05) is 50.2 Å². The monoisotopic (exact) mass is 365 g/mol. The van der Waals surface area contributed by atoms with Crippen LogP contribution in [0, 0.1) is 0 Å². The van der Waals surface area contributed by atoms with Crippen molar-refractivity contribution < 1.29 is 21.6 Å². The van der Waals surface area contributed by atoms with Crippen molar-refractivity contribution in [3.8, 4) is 0 Å². The van der Waals surface area contributed by atoms with Crippen LogP contribution in [0.2, 0.25) is 0 Å². The molecule has 0 amide bonds. The van der Waals surface area contributed by atoms with Crippen molar-refractivity contribution in [1.82, 2.24) is 4.90 Å². The molecule has 0 aromatic rings. The van der Waals surface area contributed by atoms with Crippen LogP contribution >= 0.6 is 11.6 Å². The van der Waals surface area contributed by atoms with E-state index in [9.17, 15) is 16.8 Å². The molecule has 1 fully saturated rings. The number of halogens is 1. The fourth-order valence-electron chi connectivity index (χ4n) is 1.57. The number of morpholine rings is 1. The molecule has 128 valence electrons. The number of nitrogens with zero attached hydrogens (tertiary/aromatic N) is 1. The van der Waals surface area contributed by atoms with Crippen LogP contribution in [0.15, 0.2) is 0 Å². The lowest BCUT2D eigenvalue weighted by molar-refractivity contribution is 0.0381. The number of nitrogens with two attached hydrogens (primary N) is 2. The van der Waals surface area contributed by atoms with Gasteiger partial charge in [0.1, 0.15) is 0 Å². The fraction of sp³-hybridized carbons (Fsp3) is 1.00. The van der Waals surface area contributed by atoms with Gasteiger partial charge >= 0.3 is 0 Å². The Balaban J connectivity index is 0.000000433. The molecule has 0 aromatic carbocycles. The molecular formula is C10H24ClN3O5S2. The third-order valence-electron chi connectivity index (χ3n) is 2.57. The van der Waals surface area contributed by atoms with Crippen molar-refractivity contribution in [3.63, 3.8) is 0 Å². The van der Waals surface area contributed by atoms with E-state index in [0.29, 0.717) is 18.7 Å². The summed E-state index contributed by atoms with van der Waals surface area (Å²) < 4.78 is 46.6. The molecule has 8 nitrogen and oxygen atoms in total. The van der Waals surface area contributed by atoms with E-state index in [1.165, 1.54) is 0 Å². The molecule has 21 heavy (non-hydrogen) atoms. The Bertz CT molecular complexity index is 463. The number of hydrogen-bond donors (Lipinski definition) is 2. The summed E-state index contributed by atoms with van der Waals surface area (Å²) in [5, 5.41) is 9.52. The minimum Gasteiger partial charge on any atom is -0.379 e. The highest BCUT2D eigenvalue weighted by Gasteiger charge is 2.10. The second-order valence-corrected chi connectivity index (χ2v) is 8.43. The first kappa shape index (κ1) is 21.0. The molecular weight excluding hydrogens is 342 g/mol. The van der Waals surface area contributed by atoms with Gasteiger partial charge in [-0.1, -0.05) is 0 Å². The number of sulfonamides is 2. The Labute approximate surface area is 131 Å². The second-order valence-electron chi connectivity index (χ2n) is 4.58. The van der Waals surface area contributed by atoms with Gasteiger partial charge in [-0.25, -0.2) is 27.1 Å². The third kappa shape index (κ3) is 16.2. The van der Waals surface area contributed by atoms with E-state index in [-0.39, 0.29) is 11.5 Å². The molecule has 0 aliphatic carbocycles. The van der Waals surface area contributed by atoms with Crippen LogP contribution in [-0.4, -0.2) is 72.0 Å². The van der Waals surface area contributed by atoms with Crippen molar-refractivity contribution in [1.29, 1.82) is 0 Å². The molecule has 0 spiro atoms. The number of rotatable bonds is 7. The van der Waals surface area contributed by atoms with Crippen LogP contribution in [0.1, 0.15) is 12.8 Å². The van der Waals surface area contributed by atoms with Gasteiger partial charge in [-0.15, -0.1) is 11.6 Å². The summed E-state index contributed by atoms with van der Waals surface area (Å²) in [5.41, 5.74) is 0. The van der Waals surface area contributed by atoms with Crippen molar-refractivity contribution in [2.24, 2.45) is 10.3 Å². The summed E-state index contributed by atoms with van der Waals surface area (Å²) in [6, 6.07) is 0. The number of alkyl halides is 1. The standard InChI is InChI=1S/C7H16N2O3S.C3H8ClNO2S/c8-13(10,11)7-1-2-9-3-5-12-6-4-9;4-2-1-3-8(5,6)7/h1-7H2,(H2,8,10,11);1-3H2,(H2,5,6,7). The summed E-state index contributed by atoms with van der Waals surface area (Å²) >= 11 is 5.19. The third-order valence-corrected chi connectivity index (χ3v) is 4.55. The summed E-state index contributed by atoms with van der Waals surface area (Å²) in [4.78, 5) is 2.19. The Morgan fingerprint density at radius 3 is 1.81 bits per heavy atom. The topological polar surface area (TPSA) is 133 Å². The van der Waals surface area contributed by atoms with Gasteiger partial charge in [0.15, 0.2) is 0 Å². The maximum atomic E-state index is 10.6. The lowest BCUT2D eigenvalue weighted by Gasteiger charge is -2.26. The molecule has 0 radical (unpaired) electrons. The summed E-state index contributed by atoms with van der Waals surface area (Å²) in [6.45, 7) is 4.07. The van der Waals surface area contributed by atoms with Gasteiger partial charge in [0.2, 0.25) is 20.0 Å². The second kappa shape index (κ2) is 10.7. The zero-order chi connectivity index (χ0) is 16.4. The van der Waals surface area contributed by atoms with E-state index in [1.807, 2.05) is 0 Å². The largest absolute Gasteiger partial charge is 0.379 e. The first-order valence-electron chi connectivity index (χ1n) is 6.51. The maximum absolute atomic E-state index is 10.6. The minimum absolute atomic E-state index is 0.0174. The molecule has 0 atom stereocenters. The van der Waals surface area contributed by atoms with Crippen LogP contribution in [0.4, 0.5) is 0 Å². The zero-order valence-electron chi connectivity index (χ0n) is 11.9. The average Bonchev–Trinajstić information content (AvgIpc) is 2.36. The molecule has 0 aromatic heterocycles. The number of hydrogen-bond acceptors (Lipinski definition) is 6. The average molecular weight is 366 g/mol. The van der Waals surface area contributed by atoms with Crippen LogP contribution in [-0.2, 0) is 24.8 Å². The van der Waals surface area contributed by atoms with Gasteiger partial charge in [-0.3, -0.25) is 4.90 Å². The lowest BCUT2D eigenvalue weighted by Crippen LogP contribution is -2.37. The van der Waals surface area contributed by atoms with Crippen molar-refractivity contribution >= 4 is 31.6 Å². The SMILES string of the molecule is NS(=O)(=O)CCCCl.NS(=O)(=O)CCCN1CCOCC1. The van der Waals surface area contributed by atoms with Crippen molar-refractivity contribution in [3.05, 3.63) is 0 Å². The molecule has 0 unspecified atom stereocenters. The van der Waals surface area contributed by atoms with Crippen LogP contribution in [0.25, 0.3) is 0 Å². The Kier molecular flexibility index (Phi) is 10.7. The molecule has 1 heterocycles. The summed E-state index contributed by atoms with van der Waals surface area (Å²) in [6.07, 6.45) is 1.04. The highest BCUT2D eigenvalue weighted by atomic mass is 35.5. The Morgan fingerprint density at radius 1 is 0.952 bits per heavy atom. The van der Waals surface area contributed by atoms with Gasteiger partial charge in [0, 0.05) is 19.0 Å². The smallest absolute Gasteiger partial charge is 0.209 e. The lowest BCUT2D eigenvalue weighted by atomic mass is 10.4. The Morgan fingerprint density at radius 2 is 1.43 bits per heavy atom. The first-order valence-corrected chi connectivity index (χ1v) is 10.5. The van der Waals surface area contributed by atoms with E-state index >= 15 is 0 Å². The number of ether oxygens (including phenoxy) is 1. The molecule has 1 saturated heterocycles. The zero-order valence-corrected chi connectivity index (χ0v) is 14.3. The van der Waals surface area contributed by atoms with E-state index in [4.69, 9.17) is 21.5 Å². The quantitative estimate of drug-likeness (QED) is 0.550. The minimum atomic E-state index is -3.28. The van der Waals surface area contributed by atoms with E-state index in [1.54, 1.807) is 0 Å². The van der Waals surface area contributed by atoms with E-state index in [0.717, 1.165) is 32.8 Å². The highest BCUT2D eigenvalue weighted by molar-refractivity contribution is 7.89. The number of primary sulfonamides is 2. The molecule has 0 saturated carbocycles. The fourth-order valence-corrected chi connectivity index (χ4v) is 2.94. The molecule has 1 aliphatic heterocycles. The predicted octanol–water partition coefficient (Wildman–Crippen LogP) is -1.10. The molecule has 11 heteroatoms. The highest BCUT2D eigenvalue weighted by Crippen LogP contribution is 1.98. The van der Waals surface area contributed by atoms with Gasteiger partial charge in [-0.05, 0) is 19.4 Å². The van der Waals surface area contributed by atoms with Crippen molar-refractivity contribution in [2.45, 2.75) is 12.8 Å². The van der Waals surface area contributed by atoms with Gasteiger partial charge in [-0.2, -0.15) is 0 Å². The van der Waals surface area contributed by atoms with Gasteiger partial charge in [0.25, 0.3) is 0 Å². The molecule has 1 rings (SSSR count). The Hall–Kier alpha value is 0.0300. The molecule has 1 aliphatic rings. The van der Waals surface area contributed by atoms with Crippen LogP contribution < -0.4 is 10.3 Å². The van der Waals surface area contributed by atoms with Crippen LogP contribution in [0.5, 0.6) is 0 Å². The van der Waals surface area contributed by atoms with E-state index < -0.39 is 20.0 Å². The molecule has 4 N–H and O–H groups in total.